The van der Waals surface area contributed by atoms with Crippen molar-refractivity contribution in [3.63, 3.8) is 0 Å². The molecule has 112 valence electrons. The molecule has 0 amide bonds. The van der Waals surface area contributed by atoms with Crippen molar-refractivity contribution in [2.75, 3.05) is 31.6 Å². The molecule has 1 aliphatic rings. The van der Waals surface area contributed by atoms with Crippen molar-refractivity contribution in [2.45, 2.75) is 39.4 Å². The number of pyridine rings is 1. The quantitative estimate of drug-likeness (QED) is 0.912. The standard InChI is InChI=1S/C15H25FN4/c1-11(2)17-8-13-7-14(16)9-18-15(13)20-6-5-19(4)12(3)10-20/h7,9,11-12,17H,5-6,8,10H2,1-4H3. The minimum atomic E-state index is -0.267. The van der Waals surface area contributed by atoms with E-state index in [1.165, 1.54) is 6.20 Å². The third kappa shape index (κ3) is 3.67. The summed E-state index contributed by atoms with van der Waals surface area (Å²) in [5.41, 5.74) is 0.940. The average molecular weight is 280 g/mol. The van der Waals surface area contributed by atoms with Crippen molar-refractivity contribution in [1.29, 1.82) is 0 Å². The molecule has 1 aliphatic heterocycles. The van der Waals surface area contributed by atoms with E-state index in [4.69, 9.17) is 0 Å². The highest BCUT2D eigenvalue weighted by Crippen LogP contribution is 2.21. The van der Waals surface area contributed by atoms with Gasteiger partial charge in [0.25, 0.3) is 0 Å². The van der Waals surface area contributed by atoms with Crippen LogP contribution < -0.4 is 10.2 Å². The number of halogens is 1. The van der Waals surface area contributed by atoms with Gasteiger partial charge in [-0.15, -0.1) is 0 Å². The fourth-order valence-electron chi connectivity index (χ4n) is 2.44. The minimum Gasteiger partial charge on any atom is -0.354 e. The van der Waals surface area contributed by atoms with E-state index in [9.17, 15) is 4.39 Å². The molecule has 4 nitrogen and oxygen atoms in total. The molecular weight excluding hydrogens is 255 g/mol. The number of hydrogen-bond acceptors (Lipinski definition) is 4. The van der Waals surface area contributed by atoms with E-state index in [0.717, 1.165) is 31.0 Å². The molecule has 2 rings (SSSR count). The van der Waals surface area contributed by atoms with Crippen LogP contribution in [-0.2, 0) is 6.54 Å². The summed E-state index contributed by atoms with van der Waals surface area (Å²) in [5, 5.41) is 3.34. The molecule has 1 unspecified atom stereocenters. The number of likely N-dealkylation sites (N-methyl/N-ethyl adjacent to an activating group) is 1. The Morgan fingerprint density at radius 1 is 1.45 bits per heavy atom. The molecule has 1 aromatic rings. The molecule has 0 radical (unpaired) electrons. The second-order valence-corrected chi connectivity index (χ2v) is 5.95. The first-order valence-electron chi connectivity index (χ1n) is 7.30. The molecule has 0 spiro atoms. The fourth-order valence-corrected chi connectivity index (χ4v) is 2.44. The highest BCUT2D eigenvalue weighted by molar-refractivity contribution is 5.47. The second-order valence-electron chi connectivity index (χ2n) is 5.95. The van der Waals surface area contributed by atoms with Crippen LogP contribution in [-0.4, -0.2) is 48.6 Å². The van der Waals surface area contributed by atoms with Gasteiger partial charge in [0.05, 0.1) is 6.20 Å². The van der Waals surface area contributed by atoms with Gasteiger partial charge in [-0.1, -0.05) is 13.8 Å². The number of aromatic nitrogens is 1. The Labute approximate surface area is 121 Å². The van der Waals surface area contributed by atoms with Gasteiger partial charge in [-0.05, 0) is 20.0 Å². The second kappa shape index (κ2) is 6.50. The highest BCUT2D eigenvalue weighted by atomic mass is 19.1. The van der Waals surface area contributed by atoms with Crippen LogP contribution in [0.5, 0.6) is 0 Å². The van der Waals surface area contributed by atoms with Crippen LogP contribution in [0.4, 0.5) is 10.2 Å². The molecule has 1 saturated heterocycles. The minimum absolute atomic E-state index is 0.267. The lowest BCUT2D eigenvalue weighted by molar-refractivity contribution is 0.233. The zero-order valence-electron chi connectivity index (χ0n) is 12.9. The van der Waals surface area contributed by atoms with Crippen LogP contribution in [0.25, 0.3) is 0 Å². The molecule has 1 aromatic heterocycles. The molecule has 1 fully saturated rings. The zero-order valence-corrected chi connectivity index (χ0v) is 12.9. The number of rotatable bonds is 4. The Kier molecular flexibility index (Phi) is 4.94. The summed E-state index contributed by atoms with van der Waals surface area (Å²) in [6, 6.07) is 2.46. The Bertz CT molecular complexity index is 449. The SMILES string of the molecule is CC(C)NCc1cc(F)cnc1N1CCN(C)C(C)C1. The molecule has 0 saturated carbocycles. The van der Waals surface area contributed by atoms with Crippen molar-refractivity contribution in [2.24, 2.45) is 0 Å². The van der Waals surface area contributed by atoms with Crippen LogP contribution in [0.15, 0.2) is 12.3 Å². The van der Waals surface area contributed by atoms with Crippen LogP contribution in [0, 0.1) is 5.82 Å². The maximum atomic E-state index is 13.5. The summed E-state index contributed by atoms with van der Waals surface area (Å²) in [5.74, 6) is 0.649. The maximum absolute atomic E-state index is 13.5. The lowest BCUT2D eigenvalue weighted by atomic mass is 10.1. The fraction of sp³-hybridized carbons (Fsp3) is 0.667. The monoisotopic (exact) mass is 280 g/mol. The van der Waals surface area contributed by atoms with Crippen molar-refractivity contribution in [3.8, 4) is 0 Å². The Morgan fingerprint density at radius 2 is 2.20 bits per heavy atom. The van der Waals surface area contributed by atoms with Gasteiger partial charge in [-0.25, -0.2) is 9.37 Å². The first kappa shape index (κ1) is 15.2. The van der Waals surface area contributed by atoms with Gasteiger partial charge in [0, 0.05) is 43.8 Å². The molecule has 0 aliphatic carbocycles. The van der Waals surface area contributed by atoms with Crippen molar-refractivity contribution in [3.05, 3.63) is 23.6 Å². The predicted octanol–water partition coefficient (Wildman–Crippen LogP) is 1.86. The number of nitrogens with one attached hydrogen (secondary N) is 1. The van der Waals surface area contributed by atoms with E-state index in [0.29, 0.717) is 18.6 Å². The molecule has 0 bridgehead atoms. The normalized spacial score (nSPS) is 20.7. The predicted molar refractivity (Wildman–Crippen MR) is 80.5 cm³/mol. The van der Waals surface area contributed by atoms with E-state index in [1.807, 2.05) is 0 Å². The molecule has 5 heteroatoms. The summed E-state index contributed by atoms with van der Waals surface area (Å²) in [4.78, 5) is 8.94. The lowest BCUT2D eigenvalue weighted by Gasteiger charge is -2.39. The number of nitrogens with zero attached hydrogens (tertiary/aromatic N) is 3. The van der Waals surface area contributed by atoms with Gasteiger partial charge in [0.15, 0.2) is 0 Å². The molecule has 1 N–H and O–H groups in total. The summed E-state index contributed by atoms with van der Waals surface area (Å²) < 4.78 is 13.5. The third-order valence-corrected chi connectivity index (χ3v) is 3.87. The molecule has 2 heterocycles. The highest BCUT2D eigenvalue weighted by Gasteiger charge is 2.23. The maximum Gasteiger partial charge on any atom is 0.141 e. The van der Waals surface area contributed by atoms with Crippen LogP contribution >= 0.6 is 0 Å². The van der Waals surface area contributed by atoms with Crippen molar-refractivity contribution < 1.29 is 4.39 Å². The van der Waals surface area contributed by atoms with Crippen LogP contribution in [0.3, 0.4) is 0 Å². The first-order chi connectivity index (χ1) is 9.47. The smallest absolute Gasteiger partial charge is 0.141 e. The van der Waals surface area contributed by atoms with E-state index < -0.39 is 0 Å². The molecule has 0 aromatic carbocycles. The van der Waals surface area contributed by atoms with E-state index in [1.54, 1.807) is 6.07 Å². The Balaban J connectivity index is 2.17. The number of piperazine rings is 1. The average Bonchev–Trinajstić information content (AvgIpc) is 2.40. The lowest BCUT2D eigenvalue weighted by Crippen LogP contribution is -2.50. The largest absolute Gasteiger partial charge is 0.354 e. The topological polar surface area (TPSA) is 31.4 Å². The summed E-state index contributed by atoms with van der Waals surface area (Å²) in [7, 11) is 2.14. The zero-order chi connectivity index (χ0) is 14.7. The van der Waals surface area contributed by atoms with Gasteiger partial charge in [-0.2, -0.15) is 0 Å². The molecule has 20 heavy (non-hydrogen) atoms. The Hall–Kier alpha value is -1.20. The van der Waals surface area contributed by atoms with Gasteiger partial charge in [-0.3, -0.25) is 0 Å². The molecule has 1 atom stereocenters. The van der Waals surface area contributed by atoms with Gasteiger partial charge < -0.3 is 15.1 Å². The number of hydrogen-bond donors (Lipinski definition) is 1. The van der Waals surface area contributed by atoms with Gasteiger partial charge >= 0.3 is 0 Å². The summed E-state index contributed by atoms with van der Waals surface area (Å²) in [6.07, 6.45) is 1.32. The number of anilines is 1. The van der Waals surface area contributed by atoms with Gasteiger partial charge in [0.1, 0.15) is 11.6 Å². The van der Waals surface area contributed by atoms with Gasteiger partial charge in [0.2, 0.25) is 0 Å². The third-order valence-electron chi connectivity index (χ3n) is 3.87. The van der Waals surface area contributed by atoms with E-state index in [-0.39, 0.29) is 5.82 Å². The Morgan fingerprint density at radius 3 is 2.85 bits per heavy atom. The summed E-state index contributed by atoms with van der Waals surface area (Å²) >= 11 is 0. The van der Waals surface area contributed by atoms with E-state index >= 15 is 0 Å². The van der Waals surface area contributed by atoms with Crippen molar-refractivity contribution in [1.82, 2.24) is 15.2 Å². The van der Waals surface area contributed by atoms with Crippen LogP contribution in [0.1, 0.15) is 26.3 Å². The first-order valence-corrected chi connectivity index (χ1v) is 7.30. The summed E-state index contributed by atoms with van der Waals surface area (Å²) in [6.45, 7) is 9.92. The van der Waals surface area contributed by atoms with Crippen LogP contribution in [0.2, 0.25) is 0 Å². The van der Waals surface area contributed by atoms with E-state index in [2.05, 4.69) is 47.9 Å². The molecular formula is C15H25FN4. The van der Waals surface area contributed by atoms with Crippen molar-refractivity contribution >= 4 is 5.82 Å².